The number of amides is 1. The van der Waals surface area contributed by atoms with E-state index in [2.05, 4.69) is 0 Å². The first-order valence-corrected chi connectivity index (χ1v) is 5.66. The third kappa shape index (κ3) is 5.36. The van der Waals surface area contributed by atoms with Gasteiger partial charge in [0.1, 0.15) is 0 Å². The van der Waals surface area contributed by atoms with Gasteiger partial charge in [-0.3, -0.25) is 9.63 Å². The number of hydrogen-bond donors (Lipinski definition) is 1. The van der Waals surface area contributed by atoms with Crippen molar-refractivity contribution in [2.45, 2.75) is 32.8 Å². The van der Waals surface area contributed by atoms with E-state index < -0.39 is 0 Å². The van der Waals surface area contributed by atoms with E-state index in [1.807, 2.05) is 45.0 Å². The molecule has 2 N–H and O–H groups in total. The lowest BCUT2D eigenvalue weighted by atomic mass is 10.1. The molecular weight excluding hydrogens is 216 g/mol. The maximum Gasteiger partial charge on any atom is 0.233 e. The van der Waals surface area contributed by atoms with Gasteiger partial charge in [-0.2, -0.15) is 0 Å². The van der Waals surface area contributed by atoms with Crippen LogP contribution in [-0.4, -0.2) is 23.6 Å². The number of anilines is 1. The Kier molecular flexibility index (Phi) is 4.52. The molecule has 0 aromatic heterocycles. The van der Waals surface area contributed by atoms with Gasteiger partial charge in [-0.25, -0.2) is 5.06 Å². The smallest absolute Gasteiger partial charge is 0.233 e. The van der Waals surface area contributed by atoms with Crippen molar-refractivity contribution in [1.29, 1.82) is 0 Å². The Bertz CT molecular complexity index is 372. The van der Waals surface area contributed by atoms with Gasteiger partial charge in [-0.15, -0.1) is 0 Å². The van der Waals surface area contributed by atoms with E-state index in [0.29, 0.717) is 13.0 Å². The normalized spacial score (nSPS) is 11.2. The zero-order valence-corrected chi connectivity index (χ0v) is 10.6. The third-order valence-corrected chi connectivity index (χ3v) is 2.08. The SMILES string of the molecule is CC(C)(C)ON(C=O)CCc1cccc(N)c1. The van der Waals surface area contributed by atoms with Crippen LogP contribution in [0.15, 0.2) is 24.3 Å². The maximum atomic E-state index is 10.8. The Morgan fingerprint density at radius 2 is 2.12 bits per heavy atom. The van der Waals surface area contributed by atoms with Crippen molar-refractivity contribution in [2.75, 3.05) is 12.3 Å². The van der Waals surface area contributed by atoms with Crippen LogP contribution in [0.5, 0.6) is 0 Å². The molecule has 0 spiro atoms. The molecule has 0 aliphatic rings. The second-order valence-electron chi connectivity index (χ2n) is 4.94. The average Bonchev–Trinajstić information content (AvgIpc) is 2.23. The number of carbonyl (C=O) groups excluding carboxylic acids is 1. The summed E-state index contributed by atoms with van der Waals surface area (Å²) in [7, 11) is 0. The number of benzene rings is 1. The van der Waals surface area contributed by atoms with Crippen molar-refractivity contribution in [1.82, 2.24) is 5.06 Å². The first-order chi connectivity index (χ1) is 7.90. The summed E-state index contributed by atoms with van der Waals surface area (Å²) < 4.78 is 0. The van der Waals surface area contributed by atoms with Gasteiger partial charge in [0, 0.05) is 5.69 Å². The summed E-state index contributed by atoms with van der Waals surface area (Å²) in [6.45, 7) is 6.24. The molecule has 94 valence electrons. The lowest BCUT2D eigenvalue weighted by molar-refractivity contribution is -0.215. The number of carbonyl (C=O) groups is 1. The summed E-state index contributed by atoms with van der Waals surface area (Å²) in [5, 5.41) is 1.32. The van der Waals surface area contributed by atoms with E-state index in [1.165, 1.54) is 5.06 Å². The van der Waals surface area contributed by atoms with E-state index in [9.17, 15) is 4.79 Å². The Hall–Kier alpha value is -1.55. The molecule has 1 aromatic rings. The second kappa shape index (κ2) is 5.68. The molecule has 17 heavy (non-hydrogen) atoms. The predicted molar refractivity (Wildman–Crippen MR) is 68.2 cm³/mol. The molecule has 1 amide bonds. The monoisotopic (exact) mass is 236 g/mol. The molecule has 0 fully saturated rings. The summed E-state index contributed by atoms with van der Waals surface area (Å²) in [6, 6.07) is 7.63. The zero-order valence-electron chi connectivity index (χ0n) is 10.6. The van der Waals surface area contributed by atoms with Crippen LogP contribution in [0, 0.1) is 0 Å². The number of hydroxylamine groups is 2. The minimum atomic E-state index is -0.364. The van der Waals surface area contributed by atoms with Gasteiger partial charge < -0.3 is 5.73 Å². The molecular formula is C13H20N2O2. The zero-order chi connectivity index (χ0) is 12.9. The molecule has 4 heteroatoms. The quantitative estimate of drug-likeness (QED) is 0.483. The van der Waals surface area contributed by atoms with E-state index in [4.69, 9.17) is 10.6 Å². The standard InChI is InChI=1S/C13H20N2O2/c1-13(2,3)17-15(10-16)8-7-11-5-4-6-12(14)9-11/h4-6,9-10H,7-8,14H2,1-3H3. The number of rotatable bonds is 5. The van der Waals surface area contributed by atoms with Crippen LogP contribution in [0.3, 0.4) is 0 Å². The Balaban J connectivity index is 2.51. The van der Waals surface area contributed by atoms with Crippen molar-refractivity contribution in [3.63, 3.8) is 0 Å². The minimum Gasteiger partial charge on any atom is -0.399 e. The lowest BCUT2D eigenvalue weighted by Gasteiger charge is -2.26. The number of hydrogen-bond acceptors (Lipinski definition) is 3. The highest BCUT2D eigenvalue weighted by molar-refractivity contribution is 5.45. The minimum absolute atomic E-state index is 0.364. The van der Waals surface area contributed by atoms with Gasteiger partial charge in [0.15, 0.2) is 0 Å². The second-order valence-corrected chi connectivity index (χ2v) is 4.94. The highest BCUT2D eigenvalue weighted by atomic mass is 16.7. The van der Waals surface area contributed by atoms with Crippen molar-refractivity contribution in [3.05, 3.63) is 29.8 Å². The van der Waals surface area contributed by atoms with Crippen LogP contribution in [0.2, 0.25) is 0 Å². The van der Waals surface area contributed by atoms with Crippen LogP contribution in [0.1, 0.15) is 26.3 Å². The molecule has 0 saturated carbocycles. The molecule has 0 bridgehead atoms. The fraction of sp³-hybridized carbons (Fsp3) is 0.462. The first-order valence-electron chi connectivity index (χ1n) is 5.66. The van der Waals surface area contributed by atoms with E-state index >= 15 is 0 Å². The van der Waals surface area contributed by atoms with Gasteiger partial charge in [0.05, 0.1) is 12.1 Å². The number of nitrogens with two attached hydrogens (primary N) is 1. The average molecular weight is 236 g/mol. The molecule has 0 radical (unpaired) electrons. The maximum absolute atomic E-state index is 10.8. The summed E-state index contributed by atoms with van der Waals surface area (Å²) in [5.74, 6) is 0. The van der Waals surface area contributed by atoms with Crippen LogP contribution in [0.4, 0.5) is 5.69 Å². The first kappa shape index (κ1) is 13.5. The Morgan fingerprint density at radius 1 is 1.41 bits per heavy atom. The van der Waals surface area contributed by atoms with E-state index in [0.717, 1.165) is 17.7 Å². The van der Waals surface area contributed by atoms with Crippen molar-refractivity contribution in [3.8, 4) is 0 Å². The van der Waals surface area contributed by atoms with Gasteiger partial charge in [-0.1, -0.05) is 12.1 Å². The molecule has 0 unspecified atom stereocenters. The molecule has 0 aliphatic carbocycles. The summed E-state index contributed by atoms with van der Waals surface area (Å²) >= 11 is 0. The van der Waals surface area contributed by atoms with Gasteiger partial charge >= 0.3 is 0 Å². The molecule has 0 saturated heterocycles. The highest BCUT2D eigenvalue weighted by Crippen LogP contribution is 2.11. The third-order valence-electron chi connectivity index (χ3n) is 2.08. The molecule has 1 aromatic carbocycles. The van der Waals surface area contributed by atoms with Crippen molar-refractivity contribution >= 4 is 12.1 Å². The largest absolute Gasteiger partial charge is 0.399 e. The lowest BCUT2D eigenvalue weighted by Crippen LogP contribution is -2.34. The van der Waals surface area contributed by atoms with Crippen LogP contribution in [0.25, 0.3) is 0 Å². The summed E-state index contributed by atoms with van der Waals surface area (Å²) in [4.78, 5) is 16.3. The number of nitrogen functional groups attached to an aromatic ring is 1. The van der Waals surface area contributed by atoms with Gasteiger partial charge in [-0.05, 0) is 44.9 Å². The summed E-state index contributed by atoms with van der Waals surface area (Å²) in [5.41, 5.74) is 7.15. The van der Waals surface area contributed by atoms with E-state index in [1.54, 1.807) is 0 Å². The van der Waals surface area contributed by atoms with Crippen LogP contribution >= 0.6 is 0 Å². The molecule has 4 nitrogen and oxygen atoms in total. The van der Waals surface area contributed by atoms with Gasteiger partial charge in [0.2, 0.25) is 6.41 Å². The Morgan fingerprint density at radius 3 is 2.65 bits per heavy atom. The predicted octanol–water partition coefficient (Wildman–Crippen LogP) is 2.00. The molecule has 0 heterocycles. The van der Waals surface area contributed by atoms with Crippen LogP contribution < -0.4 is 5.73 Å². The molecule has 0 aliphatic heterocycles. The Labute approximate surface area is 102 Å². The van der Waals surface area contributed by atoms with E-state index in [-0.39, 0.29) is 5.60 Å². The fourth-order valence-corrected chi connectivity index (χ4v) is 1.46. The fourth-order valence-electron chi connectivity index (χ4n) is 1.46. The van der Waals surface area contributed by atoms with Crippen molar-refractivity contribution in [2.24, 2.45) is 0 Å². The summed E-state index contributed by atoms with van der Waals surface area (Å²) in [6.07, 6.45) is 1.43. The number of nitrogens with zero attached hydrogens (tertiary/aromatic N) is 1. The topological polar surface area (TPSA) is 55.6 Å². The van der Waals surface area contributed by atoms with Crippen LogP contribution in [-0.2, 0) is 16.1 Å². The van der Waals surface area contributed by atoms with Crippen molar-refractivity contribution < 1.29 is 9.63 Å². The molecule has 1 rings (SSSR count). The van der Waals surface area contributed by atoms with Gasteiger partial charge in [0.25, 0.3) is 0 Å². The highest BCUT2D eigenvalue weighted by Gasteiger charge is 2.15. The molecule has 0 atom stereocenters.